The minimum absolute atomic E-state index is 0.111. The lowest BCUT2D eigenvalue weighted by atomic mass is 10.0. The van der Waals surface area contributed by atoms with E-state index in [9.17, 15) is 9.59 Å². The fraction of sp³-hybridized carbons (Fsp3) is 0.846. The summed E-state index contributed by atoms with van der Waals surface area (Å²) < 4.78 is 10.5. The summed E-state index contributed by atoms with van der Waals surface area (Å²) in [7, 11) is 1.75. The Morgan fingerprint density at radius 1 is 1.40 bits per heavy atom. The second-order valence-electron chi connectivity index (χ2n) is 5.39. The van der Waals surface area contributed by atoms with Crippen LogP contribution in [-0.2, 0) is 14.3 Å². The van der Waals surface area contributed by atoms with Gasteiger partial charge in [-0.15, -0.1) is 0 Å². The summed E-state index contributed by atoms with van der Waals surface area (Å²) in [5, 5.41) is 8.94. The van der Waals surface area contributed by atoms with Crippen molar-refractivity contribution in [1.29, 1.82) is 0 Å². The van der Waals surface area contributed by atoms with E-state index < -0.39 is 12.1 Å². The first-order chi connectivity index (χ1) is 9.58. The van der Waals surface area contributed by atoms with E-state index >= 15 is 0 Å². The van der Waals surface area contributed by atoms with Gasteiger partial charge in [0, 0.05) is 32.7 Å². The number of amides is 2. The van der Waals surface area contributed by atoms with E-state index in [4.69, 9.17) is 14.6 Å². The molecule has 0 aromatic heterocycles. The van der Waals surface area contributed by atoms with Crippen molar-refractivity contribution in [2.45, 2.75) is 18.9 Å². The number of urea groups is 1. The lowest BCUT2D eigenvalue weighted by Gasteiger charge is -2.35. The van der Waals surface area contributed by atoms with Crippen molar-refractivity contribution in [3.63, 3.8) is 0 Å². The van der Waals surface area contributed by atoms with E-state index in [0.717, 1.165) is 19.4 Å². The molecule has 2 saturated heterocycles. The molecule has 7 heteroatoms. The molecule has 2 fully saturated rings. The van der Waals surface area contributed by atoms with Gasteiger partial charge in [-0.2, -0.15) is 0 Å². The summed E-state index contributed by atoms with van der Waals surface area (Å²) in [6.45, 7) is 2.96. The number of hydrogen-bond acceptors (Lipinski definition) is 4. The van der Waals surface area contributed by atoms with Crippen LogP contribution in [0.15, 0.2) is 0 Å². The summed E-state index contributed by atoms with van der Waals surface area (Å²) in [6.07, 6.45) is 1.18. The molecule has 7 nitrogen and oxygen atoms in total. The third kappa shape index (κ3) is 3.83. The summed E-state index contributed by atoms with van der Waals surface area (Å²) in [4.78, 5) is 26.4. The Balaban J connectivity index is 1.84. The number of aliphatic carboxylic acids is 1. The molecular weight excluding hydrogens is 264 g/mol. The van der Waals surface area contributed by atoms with Crippen LogP contribution < -0.4 is 0 Å². The number of rotatable bonds is 3. The van der Waals surface area contributed by atoms with E-state index in [-0.39, 0.29) is 19.2 Å². The maximum atomic E-state index is 12.3. The number of carboxylic acids is 1. The Hall–Kier alpha value is -1.34. The number of hydrogen-bond donors (Lipinski definition) is 1. The molecular formula is C13H22N2O5. The number of carbonyl (C=O) groups is 2. The van der Waals surface area contributed by atoms with Crippen LogP contribution in [0.2, 0.25) is 0 Å². The molecule has 2 unspecified atom stereocenters. The molecule has 2 atom stereocenters. The first-order valence-corrected chi connectivity index (χ1v) is 7.00. The number of nitrogens with zero attached hydrogens (tertiary/aromatic N) is 2. The molecule has 2 amide bonds. The minimum atomic E-state index is -1.02. The molecule has 2 heterocycles. The lowest BCUT2D eigenvalue weighted by molar-refractivity contribution is -0.154. The molecule has 2 aliphatic heterocycles. The highest BCUT2D eigenvalue weighted by atomic mass is 16.5. The van der Waals surface area contributed by atoms with E-state index in [0.29, 0.717) is 25.6 Å². The van der Waals surface area contributed by atoms with Crippen molar-refractivity contribution in [1.82, 2.24) is 9.80 Å². The van der Waals surface area contributed by atoms with Gasteiger partial charge in [0.25, 0.3) is 0 Å². The van der Waals surface area contributed by atoms with Crippen LogP contribution in [0.25, 0.3) is 0 Å². The molecule has 1 N–H and O–H groups in total. The molecule has 0 aromatic carbocycles. The molecule has 0 aliphatic carbocycles. The van der Waals surface area contributed by atoms with Gasteiger partial charge in [0.2, 0.25) is 0 Å². The standard InChI is InChI=1S/C13H22N2O5/c1-14(7-10-3-2-5-19-9-10)13(18)15-4-6-20-11(8-15)12(16)17/h10-11H,2-9H2,1H3,(H,16,17). The molecule has 114 valence electrons. The second kappa shape index (κ2) is 6.90. The van der Waals surface area contributed by atoms with Gasteiger partial charge < -0.3 is 24.4 Å². The summed E-state index contributed by atoms with van der Waals surface area (Å²) in [5.74, 6) is -0.653. The number of ether oxygens (including phenoxy) is 2. The van der Waals surface area contributed by atoms with Gasteiger partial charge in [-0.05, 0) is 12.8 Å². The van der Waals surface area contributed by atoms with Gasteiger partial charge in [-0.25, -0.2) is 9.59 Å². The number of carbonyl (C=O) groups excluding carboxylic acids is 1. The molecule has 20 heavy (non-hydrogen) atoms. The zero-order valence-electron chi connectivity index (χ0n) is 11.8. The quantitative estimate of drug-likeness (QED) is 0.804. The SMILES string of the molecule is CN(CC1CCCOC1)C(=O)N1CCOC(C(=O)O)C1. The Morgan fingerprint density at radius 3 is 2.85 bits per heavy atom. The maximum absolute atomic E-state index is 12.3. The molecule has 0 saturated carbocycles. The van der Waals surface area contributed by atoms with Crippen LogP contribution in [0.3, 0.4) is 0 Å². The summed E-state index contributed by atoms with van der Waals surface area (Å²) in [6, 6.07) is -0.134. The predicted octanol–water partition coefficient (Wildman–Crippen LogP) is 0.250. The van der Waals surface area contributed by atoms with Crippen molar-refractivity contribution in [3.05, 3.63) is 0 Å². The van der Waals surface area contributed by atoms with E-state index in [1.165, 1.54) is 0 Å². The fourth-order valence-corrected chi connectivity index (χ4v) is 2.63. The maximum Gasteiger partial charge on any atom is 0.334 e. The molecule has 2 aliphatic rings. The van der Waals surface area contributed by atoms with Gasteiger partial charge in [0.05, 0.1) is 19.8 Å². The largest absolute Gasteiger partial charge is 0.479 e. The van der Waals surface area contributed by atoms with Gasteiger partial charge in [0.15, 0.2) is 6.10 Å². The highest BCUT2D eigenvalue weighted by molar-refractivity contribution is 5.77. The monoisotopic (exact) mass is 286 g/mol. The second-order valence-corrected chi connectivity index (χ2v) is 5.39. The van der Waals surface area contributed by atoms with Crippen molar-refractivity contribution >= 4 is 12.0 Å². The van der Waals surface area contributed by atoms with Gasteiger partial charge >= 0.3 is 12.0 Å². The Labute approximate surface area is 118 Å². The topological polar surface area (TPSA) is 79.3 Å². The van der Waals surface area contributed by atoms with Crippen molar-refractivity contribution in [2.75, 3.05) is 46.5 Å². The van der Waals surface area contributed by atoms with Gasteiger partial charge in [0.1, 0.15) is 0 Å². The fourth-order valence-electron chi connectivity index (χ4n) is 2.63. The highest BCUT2D eigenvalue weighted by Gasteiger charge is 2.31. The Bertz CT molecular complexity index is 357. The van der Waals surface area contributed by atoms with E-state index in [2.05, 4.69) is 0 Å². The molecule has 0 aromatic rings. The average molecular weight is 286 g/mol. The molecule has 0 bridgehead atoms. The summed E-state index contributed by atoms with van der Waals surface area (Å²) >= 11 is 0. The summed E-state index contributed by atoms with van der Waals surface area (Å²) in [5.41, 5.74) is 0. The third-order valence-electron chi connectivity index (χ3n) is 3.73. The van der Waals surface area contributed by atoms with Crippen LogP contribution in [0.5, 0.6) is 0 Å². The van der Waals surface area contributed by atoms with Crippen molar-refractivity contribution in [2.24, 2.45) is 5.92 Å². The first kappa shape index (κ1) is 15.1. The van der Waals surface area contributed by atoms with Crippen LogP contribution in [0.1, 0.15) is 12.8 Å². The number of carboxylic acid groups (broad SMARTS) is 1. The van der Waals surface area contributed by atoms with Crippen LogP contribution in [0, 0.1) is 5.92 Å². The van der Waals surface area contributed by atoms with E-state index in [1.54, 1.807) is 16.8 Å². The first-order valence-electron chi connectivity index (χ1n) is 7.00. The molecule has 2 rings (SSSR count). The van der Waals surface area contributed by atoms with E-state index in [1.807, 2.05) is 0 Å². The van der Waals surface area contributed by atoms with Crippen LogP contribution >= 0.6 is 0 Å². The van der Waals surface area contributed by atoms with Crippen molar-refractivity contribution < 1.29 is 24.2 Å². The third-order valence-corrected chi connectivity index (χ3v) is 3.73. The van der Waals surface area contributed by atoms with Crippen LogP contribution in [-0.4, -0.2) is 79.5 Å². The zero-order chi connectivity index (χ0) is 14.5. The van der Waals surface area contributed by atoms with Gasteiger partial charge in [-0.3, -0.25) is 0 Å². The minimum Gasteiger partial charge on any atom is -0.479 e. The van der Waals surface area contributed by atoms with Crippen LogP contribution in [0.4, 0.5) is 4.79 Å². The highest BCUT2D eigenvalue weighted by Crippen LogP contribution is 2.16. The lowest BCUT2D eigenvalue weighted by Crippen LogP contribution is -2.52. The van der Waals surface area contributed by atoms with Gasteiger partial charge in [-0.1, -0.05) is 0 Å². The average Bonchev–Trinajstić information content (AvgIpc) is 2.47. The Morgan fingerprint density at radius 2 is 2.20 bits per heavy atom. The van der Waals surface area contributed by atoms with Crippen molar-refractivity contribution in [3.8, 4) is 0 Å². The predicted molar refractivity (Wildman–Crippen MR) is 70.5 cm³/mol. The molecule has 0 spiro atoms. The normalized spacial score (nSPS) is 27.1. The smallest absolute Gasteiger partial charge is 0.334 e. The molecule has 0 radical (unpaired) electrons. The Kier molecular flexibility index (Phi) is 5.19. The number of morpholine rings is 1. The zero-order valence-corrected chi connectivity index (χ0v) is 11.8.